The lowest BCUT2D eigenvalue weighted by atomic mass is 10.4. The van der Waals surface area contributed by atoms with Gasteiger partial charge in [0.25, 0.3) is 5.91 Å². The molecule has 9 heteroatoms. The number of amides is 4. The minimum absolute atomic E-state index is 0.0529. The maximum absolute atomic E-state index is 11.8. The maximum Gasteiger partial charge on any atom is 0.325 e. The average molecular weight is 307 g/mol. The fraction of sp³-hybridized carbons (Fsp3) is 0.333. The van der Waals surface area contributed by atoms with E-state index in [1.54, 1.807) is 0 Å². The zero-order valence-corrected chi connectivity index (χ0v) is 12.1. The number of urea groups is 1. The van der Waals surface area contributed by atoms with Gasteiger partial charge in [-0.1, -0.05) is 0 Å². The molecule has 110 valence electrons. The van der Waals surface area contributed by atoms with Crippen LogP contribution in [0, 0.1) is 6.92 Å². The van der Waals surface area contributed by atoms with E-state index in [0.29, 0.717) is 0 Å². The van der Waals surface area contributed by atoms with Gasteiger partial charge in [-0.25, -0.2) is 9.78 Å². The van der Waals surface area contributed by atoms with Crippen molar-refractivity contribution in [2.24, 2.45) is 0 Å². The van der Waals surface area contributed by atoms with Crippen LogP contribution in [0.15, 0.2) is 11.6 Å². The van der Waals surface area contributed by atoms with E-state index in [-0.39, 0.29) is 19.6 Å². The van der Waals surface area contributed by atoms with Crippen molar-refractivity contribution in [3.8, 4) is 0 Å². The number of nitrogens with zero attached hydrogens (tertiary/aromatic N) is 3. The Labute approximate surface area is 123 Å². The second-order valence-electron chi connectivity index (χ2n) is 4.68. The van der Waals surface area contributed by atoms with E-state index >= 15 is 0 Å². The summed E-state index contributed by atoms with van der Waals surface area (Å²) in [5.41, 5.74) is 1.81. The van der Waals surface area contributed by atoms with Gasteiger partial charge in [-0.2, -0.15) is 0 Å². The molecule has 1 saturated heterocycles. The number of thiazole rings is 1. The smallest absolute Gasteiger partial charge is 0.325 e. The first kappa shape index (κ1) is 13.6. The summed E-state index contributed by atoms with van der Waals surface area (Å²) in [7, 11) is 0. The van der Waals surface area contributed by atoms with Crippen molar-refractivity contribution in [2.75, 3.05) is 13.1 Å². The highest BCUT2D eigenvalue weighted by Crippen LogP contribution is 2.15. The normalized spacial score (nSPS) is 14.8. The van der Waals surface area contributed by atoms with E-state index in [9.17, 15) is 14.4 Å². The van der Waals surface area contributed by atoms with Crippen molar-refractivity contribution in [3.63, 3.8) is 0 Å². The second kappa shape index (κ2) is 5.17. The van der Waals surface area contributed by atoms with Gasteiger partial charge in [0.15, 0.2) is 4.96 Å². The molecule has 0 aliphatic carbocycles. The largest absolute Gasteiger partial charge is 0.349 e. The topological polar surface area (TPSA) is 95.8 Å². The summed E-state index contributed by atoms with van der Waals surface area (Å²) in [6.45, 7) is 1.91. The molecular formula is C12H13N5O3S. The van der Waals surface area contributed by atoms with E-state index in [2.05, 4.69) is 15.6 Å². The number of imidazole rings is 1. The van der Waals surface area contributed by atoms with Gasteiger partial charge in [0.05, 0.1) is 18.8 Å². The lowest BCUT2D eigenvalue weighted by Gasteiger charge is -2.11. The van der Waals surface area contributed by atoms with Crippen LogP contribution < -0.4 is 10.6 Å². The Morgan fingerprint density at radius 2 is 2.33 bits per heavy atom. The van der Waals surface area contributed by atoms with E-state index in [1.807, 2.05) is 22.9 Å². The molecule has 0 aromatic carbocycles. The lowest BCUT2D eigenvalue weighted by Crippen LogP contribution is -2.40. The first-order valence-corrected chi connectivity index (χ1v) is 7.19. The molecule has 4 amide bonds. The third-order valence-electron chi connectivity index (χ3n) is 3.14. The molecule has 1 aliphatic rings. The minimum Gasteiger partial charge on any atom is -0.349 e. The Morgan fingerprint density at radius 1 is 1.52 bits per heavy atom. The predicted octanol–water partition coefficient (Wildman–Crippen LogP) is -0.128. The number of fused-ring (bicyclic) bond motifs is 1. The number of hydrogen-bond donors (Lipinski definition) is 2. The minimum atomic E-state index is -0.534. The molecule has 3 rings (SSSR count). The fourth-order valence-electron chi connectivity index (χ4n) is 2.03. The summed E-state index contributed by atoms with van der Waals surface area (Å²) >= 11 is 1.53. The number of aryl methyl sites for hydroxylation is 1. The monoisotopic (exact) mass is 307 g/mol. The number of imide groups is 1. The van der Waals surface area contributed by atoms with E-state index in [4.69, 9.17) is 0 Å². The molecule has 3 heterocycles. The zero-order valence-electron chi connectivity index (χ0n) is 11.3. The third kappa shape index (κ3) is 2.59. The molecule has 8 nitrogen and oxygen atoms in total. The Balaban J connectivity index is 1.58. The average Bonchev–Trinajstić information content (AvgIpc) is 3.09. The van der Waals surface area contributed by atoms with Crippen molar-refractivity contribution < 1.29 is 14.4 Å². The Morgan fingerprint density at radius 3 is 3.00 bits per heavy atom. The van der Waals surface area contributed by atoms with Crippen molar-refractivity contribution in [3.05, 3.63) is 23.0 Å². The zero-order chi connectivity index (χ0) is 15.0. The summed E-state index contributed by atoms with van der Waals surface area (Å²) in [5.74, 6) is -0.790. The molecule has 1 fully saturated rings. The number of aromatic nitrogens is 2. The Kier molecular flexibility index (Phi) is 3.34. The van der Waals surface area contributed by atoms with Crippen LogP contribution in [-0.4, -0.2) is 45.2 Å². The van der Waals surface area contributed by atoms with Gasteiger partial charge in [0.2, 0.25) is 5.91 Å². The molecule has 0 bridgehead atoms. The third-order valence-corrected chi connectivity index (χ3v) is 4.10. The molecule has 0 spiro atoms. The summed E-state index contributed by atoms with van der Waals surface area (Å²) in [6, 6.07) is -0.534. The summed E-state index contributed by atoms with van der Waals surface area (Å²) in [6.07, 6.45) is 1.86. The predicted molar refractivity (Wildman–Crippen MR) is 74.8 cm³/mol. The first-order chi connectivity index (χ1) is 10.0. The molecule has 0 unspecified atom stereocenters. The van der Waals surface area contributed by atoms with Gasteiger partial charge < -0.3 is 10.6 Å². The highest BCUT2D eigenvalue weighted by molar-refractivity contribution is 7.15. The summed E-state index contributed by atoms with van der Waals surface area (Å²) in [4.78, 5) is 40.6. The van der Waals surface area contributed by atoms with Crippen molar-refractivity contribution >= 4 is 34.1 Å². The van der Waals surface area contributed by atoms with Crippen LogP contribution in [0.1, 0.15) is 11.4 Å². The van der Waals surface area contributed by atoms with Gasteiger partial charge >= 0.3 is 6.03 Å². The molecule has 1 aliphatic heterocycles. The number of carbonyl (C=O) groups is 3. The van der Waals surface area contributed by atoms with Crippen LogP contribution in [0.2, 0.25) is 0 Å². The molecule has 2 N–H and O–H groups in total. The van der Waals surface area contributed by atoms with Gasteiger partial charge in [-0.3, -0.25) is 18.9 Å². The first-order valence-electron chi connectivity index (χ1n) is 6.31. The van der Waals surface area contributed by atoms with Crippen LogP contribution in [0.4, 0.5) is 4.79 Å². The van der Waals surface area contributed by atoms with E-state index in [0.717, 1.165) is 21.2 Å². The van der Waals surface area contributed by atoms with Crippen LogP contribution >= 0.6 is 11.3 Å². The Hall–Kier alpha value is -2.42. The standard InChI is InChI=1S/C12H13N5O3S/c1-7-6-21-12-15-8(4-16(7)12)2-13-9(18)5-17-10(19)3-14-11(17)20/h4,6H,2-3,5H2,1H3,(H,13,18)(H,14,20). The maximum atomic E-state index is 11.8. The van der Waals surface area contributed by atoms with Gasteiger partial charge in [-0.15, -0.1) is 11.3 Å². The van der Waals surface area contributed by atoms with Gasteiger partial charge in [0, 0.05) is 17.3 Å². The van der Waals surface area contributed by atoms with Crippen LogP contribution in [0.5, 0.6) is 0 Å². The van der Waals surface area contributed by atoms with E-state index < -0.39 is 17.8 Å². The van der Waals surface area contributed by atoms with Crippen molar-refractivity contribution in [1.29, 1.82) is 0 Å². The van der Waals surface area contributed by atoms with Crippen LogP contribution in [0.3, 0.4) is 0 Å². The number of nitrogens with one attached hydrogen (secondary N) is 2. The van der Waals surface area contributed by atoms with Crippen molar-refractivity contribution in [1.82, 2.24) is 24.9 Å². The molecule has 2 aromatic heterocycles. The molecule has 0 radical (unpaired) electrons. The molecule has 0 atom stereocenters. The summed E-state index contributed by atoms with van der Waals surface area (Å²) in [5, 5.41) is 7.02. The highest BCUT2D eigenvalue weighted by atomic mass is 32.1. The summed E-state index contributed by atoms with van der Waals surface area (Å²) < 4.78 is 1.95. The van der Waals surface area contributed by atoms with Crippen LogP contribution in [-0.2, 0) is 16.1 Å². The number of hydrogen-bond acceptors (Lipinski definition) is 5. The fourth-order valence-corrected chi connectivity index (χ4v) is 2.90. The number of rotatable bonds is 4. The molecular weight excluding hydrogens is 294 g/mol. The number of carbonyl (C=O) groups excluding carboxylic acids is 3. The van der Waals surface area contributed by atoms with Gasteiger partial charge in [-0.05, 0) is 6.92 Å². The lowest BCUT2D eigenvalue weighted by molar-refractivity contribution is -0.130. The van der Waals surface area contributed by atoms with Crippen molar-refractivity contribution in [2.45, 2.75) is 13.5 Å². The van der Waals surface area contributed by atoms with Gasteiger partial charge in [0.1, 0.15) is 6.54 Å². The highest BCUT2D eigenvalue weighted by Gasteiger charge is 2.29. The van der Waals surface area contributed by atoms with Crippen LogP contribution in [0.25, 0.3) is 4.96 Å². The molecule has 2 aromatic rings. The van der Waals surface area contributed by atoms with E-state index in [1.165, 1.54) is 11.3 Å². The quantitative estimate of drug-likeness (QED) is 0.769. The SMILES string of the molecule is Cc1csc2nc(CNC(=O)CN3C(=O)CNC3=O)cn12. The Bertz CT molecular complexity index is 718. The second-order valence-corrected chi connectivity index (χ2v) is 5.51. The molecule has 0 saturated carbocycles. The molecule has 21 heavy (non-hydrogen) atoms.